The van der Waals surface area contributed by atoms with Crippen LogP contribution in [0.2, 0.25) is 0 Å². The van der Waals surface area contributed by atoms with Crippen LogP contribution in [0.4, 0.5) is 9.59 Å². The molecule has 3 aliphatic heterocycles. The molecule has 3 aliphatic rings. The normalized spacial score (nSPS) is 23.1. The van der Waals surface area contributed by atoms with E-state index in [1.807, 2.05) is 30.3 Å². The van der Waals surface area contributed by atoms with Gasteiger partial charge in [0.2, 0.25) is 5.91 Å². The Balaban J connectivity index is 1.21. The van der Waals surface area contributed by atoms with Gasteiger partial charge in [-0.15, -0.1) is 0 Å². The average molecular weight is 459 g/mol. The maximum atomic E-state index is 13.0. The predicted octanol–water partition coefficient (Wildman–Crippen LogP) is 2.90. The highest BCUT2D eigenvalue weighted by molar-refractivity contribution is 5.88. The average Bonchev–Trinajstić information content (AvgIpc) is 3.08. The van der Waals surface area contributed by atoms with Crippen LogP contribution in [0.1, 0.15) is 51.0 Å². The fourth-order valence-electron chi connectivity index (χ4n) is 4.69. The number of nitrogens with zero attached hydrogens (tertiary/aromatic N) is 3. The second-order valence-electron chi connectivity index (χ2n) is 9.00. The molecule has 3 heterocycles. The number of likely N-dealkylation sites (tertiary alicyclic amines) is 1. The van der Waals surface area contributed by atoms with Gasteiger partial charge in [-0.3, -0.25) is 9.63 Å². The molecule has 180 valence electrons. The van der Waals surface area contributed by atoms with E-state index < -0.39 is 6.04 Å². The van der Waals surface area contributed by atoms with E-state index in [1.54, 1.807) is 9.80 Å². The fourth-order valence-corrected chi connectivity index (χ4v) is 4.69. The van der Waals surface area contributed by atoms with E-state index in [-0.39, 0.29) is 36.7 Å². The minimum absolute atomic E-state index is 0.0111. The second kappa shape index (κ2) is 10.9. The molecule has 33 heavy (non-hydrogen) atoms. The summed E-state index contributed by atoms with van der Waals surface area (Å²) in [5, 5.41) is 4.58. The Morgan fingerprint density at radius 2 is 1.85 bits per heavy atom. The first-order valence-corrected chi connectivity index (χ1v) is 12.1. The molecule has 4 amide bonds. The Hall–Kier alpha value is -2.81. The van der Waals surface area contributed by atoms with Gasteiger partial charge in [0.15, 0.2) is 0 Å². The summed E-state index contributed by atoms with van der Waals surface area (Å²) >= 11 is 0. The van der Waals surface area contributed by atoms with Crippen LogP contribution in [0.25, 0.3) is 0 Å². The fraction of sp³-hybridized carbons (Fsp3) is 0.625. The standard InChI is InChI=1S/C24H34N4O5/c1-2-3-15-33-28-20-9-10-21(27(16-20)23(28)30)22(29)25-19-11-13-26(14-12-19)24(31)32-17-18-7-5-4-6-8-18/h4-8,19-21H,2-3,9-17H2,1H3,(H,25,29)/t20-,21+/m1/s1. The molecule has 1 aromatic carbocycles. The number of rotatable bonds is 8. The molecular formula is C24H34N4O5. The molecule has 0 saturated carbocycles. The number of hydrogen-bond donors (Lipinski definition) is 1. The van der Waals surface area contributed by atoms with Crippen LogP contribution >= 0.6 is 0 Å². The maximum Gasteiger partial charge on any atom is 0.410 e. The second-order valence-corrected chi connectivity index (χ2v) is 9.00. The molecule has 9 nitrogen and oxygen atoms in total. The zero-order valence-electron chi connectivity index (χ0n) is 19.3. The van der Waals surface area contributed by atoms with Crippen molar-refractivity contribution in [2.24, 2.45) is 0 Å². The Kier molecular flexibility index (Phi) is 7.69. The molecular weight excluding hydrogens is 424 g/mol. The number of ether oxygens (including phenoxy) is 1. The first kappa shape index (κ1) is 23.4. The number of piperidine rings is 2. The van der Waals surface area contributed by atoms with E-state index in [9.17, 15) is 14.4 Å². The van der Waals surface area contributed by atoms with Gasteiger partial charge in [-0.25, -0.2) is 9.59 Å². The number of fused-ring (bicyclic) bond motifs is 2. The van der Waals surface area contributed by atoms with Crippen molar-refractivity contribution in [2.75, 3.05) is 26.2 Å². The summed E-state index contributed by atoms with van der Waals surface area (Å²) in [6.45, 7) is 4.46. The highest BCUT2D eigenvalue weighted by atomic mass is 16.7. The number of carbonyl (C=O) groups is 3. The Morgan fingerprint density at radius 3 is 2.58 bits per heavy atom. The third kappa shape index (κ3) is 5.58. The van der Waals surface area contributed by atoms with E-state index in [1.165, 1.54) is 5.06 Å². The summed E-state index contributed by atoms with van der Waals surface area (Å²) in [7, 11) is 0. The van der Waals surface area contributed by atoms with Crippen molar-refractivity contribution in [3.63, 3.8) is 0 Å². The van der Waals surface area contributed by atoms with Crippen LogP contribution in [0, 0.1) is 0 Å². The Morgan fingerprint density at radius 1 is 1.09 bits per heavy atom. The molecule has 0 aliphatic carbocycles. The minimum Gasteiger partial charge on any atom is -0.445 e. The van der Waals surface area contributed by atoms with Gasteiger partial charge in [-0.05, 0) is 37.7 Å². The summed E-state index contributed by atoms with van der Waals surface area (Å²) in [6, 6.07) is 8.95. The molecule has 0 radical (unpaired) electrons. The maximum absolute atomic E-state index is 13.0. The van der Waals surface area contributed by atoms with E-state index in [2.05, 4.69) is 12.2 Å². The molecule has 0 unspecified atom stereocenters. The summed E-state index contributed by atoms with van der Waals surface area (Å²) < 4.78 is 5.41. The first-order chi connectivity index (χ1) is 16.1. The van der Waals surface area contributed by atoms with Crippen LogP contribution in [0.5, 0.6) is 0 Å². The molecule has 0 aromatic heterocycles. The number of hydroxylamine groups is 2. The lowest BCUT2D eigenvalue weighted by atomic mass is 9.99. The summed E-state index contributed by atoms with van der Waals surface area (Å²) in [6.07, 6.45) is 4.32. The number of amides is 4. The van der Waals surface area contributed by atoms with Gasteiger partial charge in [-0.1, -0.05) is 43.7 Å². The van der Waals surface area contributed by atoms with Crippen LogP contribution in [0.15, 0.2) is 30.3 Å². The van der Waals surface area contributed by atoms with Crippen molar-refractivity contribution in [1.29, 1.82) is 0 Å². The number of hydrogen-bond acceptors (Lipinski definition) is 5. The third-order valence-corrected chi connectivity index (χ3v) is 6.66. The highest BCUT2D eigenvalue weighted by Gasteiger charge is 2.48. The number of unbranched alkanes of at least 4 members (excludes halogenated alkanes) is 1. The van der Waals surface area contributed by atoms with Crippen molar-refractivity contribution in [3.8, 4) is 0 Å². The first-order valence-electron chi connectivity index (χ1n) is 12.1. The lowest BCUT2D eigenvalue weighted by molar-refractivity contribution is -0.131. The SMILES string of the molecule is CCCCON1C(=O)N2C[C@H]1CC[C@H]2C(=O)NC1CCN(C(=O)OCc2ccccc2)CC1. The molecule has 0 spiro atoms. The van der Waals surface area contributed by atoms with Crippen molar-refractivity contribution in [3.05, 3.63) is 35.9 Å². The van der Waals surface area contributed by atoms with Crippen molar-refractivity contribution in [2.45, 2.75) is 70.2 Å². The van der Waals surface area contributed by atoms with Gasteiger partial charge in [0, 0.05) is 25.7 Å². The zero-order chi connectivity index (χ0) is 23.2. The van der Waals surface area contributed by atoms with Crippen molar-refractivity contribution in [1.82, 2.24) is 20.2 Å². The Bertz CT molecular complexity index is 827. The van der Waals surface area contributed by atoms with Gasteiger partial charge in [-0.2, -0.15) is 5.06 Å². The number of urea groups is 1. The summed E-state index contributed by atoms with van der Waals surface area (Å²) in [4.78, 5) is 47.1. The molecule has 2 bridgehead atoms. The van der Waals surface area contributed by atoms with Gasteiger partial charge in [0.1, 0.15) is 12.6 Å². The molecule has 3 fully saturated rings. The molecule has 4 rings (SSSR count). The molecule has 9 heteroatoms. The van der Waals surface area contributed by atoms with Gasteiger partial charge < -0.3 is 19.9 Å². The largest absolute Gasteiger partial charge is 0.445 e. The summed E-state index contributed by atoms with van der Waals surface area (Å²) in [5.41, 5.74) is 0.952. The molecule has 2 atom stereocenters. The van der Waals surface area contributed by atoms with Gasteiger partial charge in [0.25, 0.3) is 0 Å². The molecule has 3 saturated heterocycles. The lowest BCUT2D eigenvalue weighted by Crippen LogP contribution is -2.54. The van der Waals surface area contributed by atoms with Crippen LogP contribution in [-0.4, -0.2) is 77.3 Å². The zero-order valence-corrected chi connectivity index (χ0v) is 19.3. The third-order valence-electron chi connectivity index (χ3n) is 6.66. The van der Waals surface area contributed by atoms with Crippen LogP contribution in [0.3, 0.4) is 0 Å². The summed E-state index contributed by atoms with van der Waals surface area (Å²) in [5.74, 6) is -0.109. The highest BCUT2D eigenvalue weighted by Crippen LogP contribution is 2.30. The lowest BCUT2D eigenvalue weighted by Gasteiger charge is -2.34. The number of carbonyl (C=O) groups excluding carboxylic acids is 3. The van der Waals surface area contributed by atoms with E-state index in [4.69, 9.17) is 9.57 Å². The van der Waals surface area contributed by atoms with Crippen LogP contribution in [-0.2, 0) is 21.0 Å². The number of nitrogens with one attached hydrogen (secondary N) is 1. The predicted molar refractivity (Wildman–Crippen MR) is 121 cm³/mol. The van der Waals surface area contributed by atoms with Gasteiger partial charge >= 0.3 is 12.1 Å². The van der Waals surface area contributed by atoms with Gasteiger partial charge in [0.05, 0.1) is 12.6 Å². The van der Waals surface area contributed by atoms with Crippen molar-refractivity contribution < 1.29 is 24.0 Å². The van der Waals surface area contributed by atoms with Crippen LogP contribution < -0.4 is 5.32 Å². The quantitative estimate of drug-likeness (QED) is 0.605. The van der Waals surface area contributed by atoms with E-state index in [0.717, 1.165) is 24.8 Å². The Labute approximate surface area is 194 Å². The minimum atomic E-state index is -0.456. The topological polar surface area (TPSA) is 91.4 Å². The smallest absolute Gasteiger partial charge is 0.410 e. The van der Waals surface area contributed by atoms with E-state index in [0.29, 0.717) is 45.5 Å². The number of benzene rings is 1. The monoisotopic (exact) mass is 458 g/mol. The van der Waals surface area contributed by atoms with E-state index >= 15 is 0 Å². The van der Waals surface area contributed by atoms with Crippen molar-refractivity contribution >= 4 is 18.0 Å². The molecule has 1 aromatic rings. The molecule has 1 N–H and O–H groups in total.